The van der Waals surface area contributed by atoms with E-state index in [1.165, 1.54) is 11.9 Å². The Hall–Kier alpha value is -2.14. The van der Waals surface area contributed by atoms with E-state index in [-0.39, 0.29) is 6.04 Å². The number of aromatic nitrogens is 2. The number of nitrogens with one attached hydrogen (secondary N) is 1. The van der Waals surface area contributed by atoms with Crippen LogP contribution in [0.25, 0.3) is 0 Å². The number of likely N-dealkylation sites (N-methyl/N-ethyl adjacent to an activating group) is 1. The molecule has 1 N–H and O–H groups in total. The largest absolute Gasteiger partial charge is 0.497 e. The van der Waals surface area contributed by atoms with Gasteiger partial charge in [0, 0.05) is 24.2 Å². The van der Waals surface area contributed by atoms with Crippen LogP contribution in [0.5, 0.6) is 11.6 Å². The van der Waals surface area contributed by atoms with Crippen LogP contribution in [-0.4, -0.2) is 31.2 Å². The van der Waals surface area contributed by atoms with Gasteiger partial charge in [0.25, 0.3) is 0 Å². The smallest absolute Gasteiger partial charge is 0.216 e. The topological polar surface area (TPSA) is 56.3 Å². The highest BCUT2D eigenvalue weighted by atomic mass is 16.5. The Kier molecular flexibility index (Phi) is 4.90. The van der Waals surface area contributed by atoms with Crippen molar-refractivity contribution < 1.29 is 9.47 Å². The molecular weight excluding hydrogens is 254 g/mol. The molecular formula is C15H19N3O2. The maximum Gasteiger partial charge on any atom is 0.216 e. The third-order valence-corrected chi connectivity index (χ3v) is 3.19. The Morgan fingerprint density at radius 3 is 2.45 bits per heavy atom. The predicted octanol–water partition coefficient (Wildman–Crippen LogP) is 2.00. The molecule has 0 fully saturated rings. The van der Waals surface area contributed by atoms with E-state index in [0.717, 1.165) is 17.9 Å². The van der Waals surface area contributed by atoms with Crippen LogP contribution >= 0.6 is 0 Å². The lowest BCUT2D eigenvalue weighted by Crippen LogP contribution is -2.19. The summed E-state index contributed by atoms with van der Waals surface area (Å²) in [5, 5.41) is 3.30. The molecule has 0 saturated carbocycles. The normalized spacial score (nSPS) is 11.9. The van der Waals surface area contributed by atoms with Gasteiger partial charge in [-0.3, -0.25) is 0 Å². The third-order valence-electron chi connectivity index (χ3n) is 3.19. The van der Waals surface area contributed by atoms with E-state index in [9.17, 15) is 0 Å². The fourth-order valence-electron chi connectivity index (χ4n) is 2.03. The lowest BCUT2D eigenvalue weighted by Gasteiger charge is -2.16. The molecule has 0 amide bonds. The summed E-state index contributed by atoms with van der Waals surface area (Å²) in [7, 11) is 5.20. The van der Waals surface area contributed by atoms with Gasteiger partial charge in [0.05, 0.1) is 14.2 Å². The standard InChI is InChI=1S/C15H19N3O2/c1-16-14(11-4-6-13(19-2)7-5-11)8-12-9-15(20-3)18-10-17-12/h4-7,9-10,14,16H,8H2,1-3H3. The van der Waals surface area contributed by atoms with Gasteiger partial charge in [0.15, 0.2) is 0 Å². The van der Waals surface area contributed by atoms with Crippen molar-refractivity contribution in [3.05, 3.63) is 47.9 Å². The zero-order valence-corrected chi connectivity index (χ0v) is 12.0. The second-order valence-electron chi connectivity index (χ2n) is 4.37. The van der Waals surface area contributed by atoms with Crippen LogP contribution in [0.4, 0.5) is 0 Å². The summed E-state index contributed by atoms with van der Waals surface area (Å²) in [6, 6.07) is 10.1. The van der Waals surface area contributed by atoms with Gasteiger partial charge in [0.2, 0.25) is 5.88 Å². The van der Waals surface area contributed by atoms with Gasteiger partial charge in [-0.2, -0.15) is 0 Å². The van der Waals surface area contributed by atoms with Gasteiger partial charge >= 0.3 is 0 Å². The number of hydrogen-bond donors (Lipinski definition) is 1. The van der Waals surface area contributed by atoms with Crippen molar-refractivity contribution in [3.8, 4) is 11.6 Å². The van der Waals surface area contributed by atoms with Crippen molar-refractivity contribution in [1.82, 2.24) is 15.3 Å². The minimum absolute atomic E-state index is 0.181. The molecule has 2 rings (SSSR count). The van der Waals surface area contributed by atoms with Gasteiger partial charge in [-0.15, -0.1) is 0 Å². The molecule has 1 atom stereocenters. The number of hydrogen-bond acceptors (Lipinski definition) is 5. The van der Waals surface area contributed by atoms with Crippen molar-refractivity contribution in [2.24, 2.45) is 0 Å². The molecule has 1 unspecified atom stereocenters. The SMILES string of the molecule is CNC(Cc1cc(OC)ncn1)c1ccc(OC)cc1. The molecule has 0 aliphatic rings. The average molecular weight is 273 g/mol. The molecule has 1 aromatic heterocycles. The second-order valence-corrected chi connectivity index (χ2v) is 4.37. The fraction of sp³-hybridized carbons (Fsp3) is 0.333. The van der Waals surface area contributed by atoms with E-state index < -0.39 is 0 Å². The Bertz CT molecular complexity index is 543. The minimum Gasteiger partial charge on any atom is -0.497 e. The molecule has 0 aliphatic carbocycles. The van der Waals surface area contributed by atoms with Gasteiger partial charge in [0.1, 0.15) is 12.1 Å². The van der Waals surface area contributed by atoms with Crippen LogP contribution < -0.4 is 14.8 Å². The summed E-state index contributed by atoms with van der Waals surface area (Å²) in [4.78, 5) is 8.29. The van der Waals surface area contributed by atoms with Gasteiger partial charge in [-0.25, -0.2) is 9.97 Å². The first-order valence-electron chi connectivity index (χ1n) is 6.43. The van der Waals surface area contributed by atoms with Crippen LogP contribution in [0.2, 0.25) is 0 Å². The fourth-order valence-corrected chi connectivity index (χ4v) is 2.03. The van der Waals surface area contributed by atoms with Crippen molar-refractivity contribution >= 4 is 0 Å². The summed E-state index contributed by atoms with van der Waals surface area (Å²) in [5.41, 5.74) is 2.12. The van der Waals surface area contributed by atoms with Crippen molar-refractivity contribution in [2.45, 2.75) is 12.5 Å². The Morgan fingerprint density at radius 2 is 1.85 bits per heavy atom. The Balaban J connectivity index is 2.14. The van der Waals surface area contributed by atoms with E-state index in [0.29, 0.717) is 5.88 Å². The zero-order valence-electron chi connectivity index (χ0n) is 12.0. The van der Waals surface area contributed by atoms with E-state index in [1.807, 2.05) is 25.2 Å². The van der Waals surface area contributed by atoms with E-state index in [1.54, 1.807) is 14.2 Å². The predicted molar refractivity (Wildman–Crippen MR) is 77.1 cm³/mol. The summed E-state index contributed by atoms with van der Waals surface area (Å²) >= 11 is 0. The zero-order chi connectivity index (χ0) is 14.4. The monoisotopic (exact) mass is 273 g/mol. The van der Waals surface area contributed by atoms with Crippen LogP contribution in [-0.2, 0) is 6.42 Å². The highest BCUT2D eigenvalue weighted by Crippen LogP contribution is 2.21. The lowest BCUT2D eigenvalue weighted by atomic mass is 10.0. The highest BCUT2D eigenvalue weighted by molar-refractivity contribution is 5.30. The maximum absolute atomic E-state index is 5.17. The van der Waals surface area contributed by atoms with Crippen LogP contribution in [0.3, 0.4) is 0 Å². The van der Waals surface area contributed by atoms with E-state index >= 15 is 0 Å². The highest BCUT2D eigenvalue weighted by Gasteiger charge is 2.12. The van der Waals surface area contributed by atoms with Gasteiger partial charge in [-0.1, -0.05) is 12.1 Å². The number of benzene rings is 1. The van der Waals surface area contributed by atoms with E-state index in [4.69, 9.17) is 9.47 Å². The summed E-state index contributed by atoms with van der Waals surface area (Å²) in [6.07, 6.45) is 2.29. The Labute approximate surface area is 119 Å². The average Bonchev–Trinajstić information content (AvgIpc) is 2.53. The van der Waals surface area contributed by atoms with Crippen molar-refractivity contribution in [2.75, 3.05) is 21.3 Å². The first-order chi connectivity index (χ1) is 9.76. The van der Waals surface area contributed by atoms with Gasteiger partial charge < -0.3 is 14.8 Å². The maximum atomic E-state index is 5.17. The molecule has 0 radical (unpaired) electrons. The summed E-state index contributed by atoms with van der Waals surface area (Å²) in [6.45, 7) is 0. The van der Waals surface area contributed by atoms with Crippen LogP contribution in [0.15, 0.2) is 36.7 Å². The molecule has 20 heavy (non-hydrogen) atoms. The molecule has 1 heterocycles. The molecule has 0 spiro atoms. The first kappa shape index (κ1) is 14.3. The molecule has 5 heteroatoms. The minimum atomic E-state index is 0.181. The number of methoxy groups -OCH3 is 2. The van der Waals surface area contributed by atoms with Crippen molar-refractivity contribution in [3.63, 3.8) is 0 Å². The molecule has 2 aromatic rings. The lowest BCUT2D eigenvalue weighted by molar-refractivity contribution is 0.395. The molecule has 1 aromatic carbocycles. The third kappa shape index (κ3) is 3.45. The summed E-state index contributed by atoms with van der Waals surface area (Å²) < 4.78 is 10.3. The summed E-state index contributed by atoms with van der Waals surface area (Å²) in [5.74, 6) is 1.44. The molecule has 0 bridgehead atoms. The van der Waals surface area contributed by atoms with Gasteiger partial charge in [-0.05, 0) is 24.7 Å². The number of ether oxygens (including phenoxy) is 2. The molecule has 106 valence electrons. The quantitative estimate of drug-likeness (QED) is 0.872. The molecule has 0 saturated heterocycles. The number of rotatable bonds is 6. The molecule has 5 nitrogen and oxygen atoms in total. The van der Waals surface area contributed by atoms with Crippen LogP contribution in [0.1, 0.15) is 17.3 Å². The van der Waals surface area contributed by atoms with E-state index in [2.05, 4.69) is 27.4 Å². The molecule has 0 aliphatic heterocycles. The first-order valence-corrected chi connectivity index (χ1v) is 6.43. The number of nitrogens with zero attached hydrogens (tertiary/aromatic N) is 2. The Morgan fingerprint density at radius 1 is 1.10 bits per heavy atom. The van der Waals surface area contributed by atoms with Crippen molar-refractivity contribution in [1.29, 1.82) is 0 Å². The van der Waals surface area contributed by atoms with Crippen LogP contribution in [0, 0.1) is 0 Å². The second kappa shape index (κ2) is 6.86.